The highest BCUT2D eigenvalue weighted by Crippen LogP contribution is 2.25. The molecule has 0 aromatic heterocycles. The van der Waals surface area contributed by atoms with Gasteiger partial charge in [0.15, 0.2) is 0 Å². The molecule has 1 N–H and O–H groups in total. The normalized spacial score (nSPS) is 14.6. The lowest BCUT2D eigenvalue weighted by atomic mass is 9.90. The fourth-order valence-electron chi connectivity index (χ4n) is 2.37. The van der Waals surface area contributed by atoms with Crippen LogP contribution in [0, 0.1) is 5.41 Å². The van der Waals surface area contributed by atoms with Crippen LogP contribution < -0.4 is 5.32 Å². The monoisotopic (exact) mass is 303 g/mol. The van der Waals surface area contributed by atoms with Crippen molar-refractivity contribution in [2.45, 2.75) is 58.1 Å². The van der Waals surface area contributed by atoms with Gasteiger partial charge in [-0.3, -0.25) is 0 Å². The molecule has 0 rings (SSSR count). The van der Waals surface area contributed by atoms with E-state index in [9.17, 15) is 0 Å². The van der Waals surface area contributed by atoms with Gasteiger partial charge in [0.1, 0.15) is 0 Å². The molecular formula is C17H39N2S+. The minimum Gasteiger partial charge on any atom is -0.331 e. The first-order valence-electron chi connectivity index (χ1n) is 8.18. The van der Waals surface area contributed by atoms with Crippen LogP contribution in [0.15, 0.2) is 0 Å². The summed E-state index contributed by atoms with van der Waals surface area (Å²) in [6, 6.07) is 0. The molecule has 20 heavy (non-hydrogen) atoms. The number of thioether (sulfide) groups is 1. The smallest absolute Gasteiger partial charge is 0.0780 e. The Labute approximate surface area is 132 Å². The average molecular weight is 304 g/mol. The molecule has 0 heterocycles. The molecule has 0 saturated heterocycles. The van der Waals surface area contributed by atoms with Crippen molar-refractivity contribution in [3.63, 3.8) is 0 Å². The lowest BCUT2D eigenvalue weighted by Crippen LogP contribution is -2.35. The van der Waals surface area contributed by atoms with Crippen molar-refractivity contribution in [2.24, 2.45) is 5.41 Å². The summed E-state index contributed by atoms with van der Waals surface area (Å²) in [5.41, 5.74) is 0.445. The average Bonchev–Trinajstić information content (AvgIpc) is 2.28. The molecule has 0 aliphatic heterocycles. The molecule has 0 spiro atoms. The third-order valence-electron chi connectivity index (χ3n) is 3.48. The Morgan fingerprint density at radius 2 is 1.60 bits per heavy atom. The molecular weight excluding hydrogens is 264 g/mol. The molecule has 122 valence electrons. The Morgan fingerprint density at radius 1 is 1.00 bits per heavy atom. The van der Waals surface area contributed by atoms with E-state index in [0.29, 0.717) is 5.41 Å². The number of hydrogen-bond donors (Lipinski definition) is 1. The molecule has 1 atom stereocenters. The standard InChI is InChI=1S/C17H39N2S/c1-17(2,3)14-16(20-7)15-18-12-10-8-9-11-13-19(4,5)6/h16,18H,8-15H2,1-7H3/q+1. The van der Waals surface area contributed by atoms with E-state index in [-0.39, 0.29) is 0 Å². The minimum absolute atomic E-state index is 0.445. The number of unbranched alkanes of at least 4 members (excludes halogenated alkanes) is 3. The van der Waals surface area contributed by atoms with Gasteiger partial charge in [-0.05, 0) is 43.9 Å². The van der Waals surface area contributed by atoms with Crippen LogP contribution in [0.5, 0.6) is 0 Å². The van der Waals surface area contributed by atoms with E-state index >= 15 is 0 Å². The summed E-state index contributed by atoms with van der Waals surface area (Å²) in [7, 11) is 6.83. The van der Waals surface area contributed by atoms with Gasteiger partial charge < -0.3 is 9.80 Å². The molecule has 0 aliphatic rings. The SMILES string of the molecule is CSC(CNCCCCCC[N+](C)(C)C)CC(C)(C)C. The maximum atomic E-state index is 3.64. The molecule has 0 fully saturated rings. The van der Waals surface area contributed by atoms with E-state index in [1.54, 1.807) is 0 Å². The van der Waals surface area contributed by atoms with Crippen molar-refractivity contribution >= 4 is 11.8 Å². The largest absolute Gasteiger partial charge is 0.331 e. The topological polar surface area (TPSA) is 12.0 Å². The molecule has 1 unspecified atom stereocenters. The van der Waals surface area contributed by atoms with E-state index < -0.39 is 0 Å². The minimum atomic E-state index is 0.445. The Balaban J connectivity index is 3.47. The molecule has 2 nitrogen and oxygen atoms in total. The lowest BCUT2D eigenvalue weighted by molar-refractivity contribution is -0.870. The summed E-state index contributed by atoms with van der Waals surface area (Å²) in [4.78, 5) is 0. The zero-order valence-corrected chi connectivity index (χ0v) is 15.9. The molecule has 0 aliphatic carbocycles. The van der Waals surface area contributed by atoms with Gasteiger partial charge in [0.2, 0.25) is 0 Å². The third-order valence-corrected chi connectivity index (χ3v) is 4.48. The fourth-order valence-corrected chi connectivity index (χ4v) is 3.33. The van der Waals surface area contributed by atoms with Crippen LogP contribution in [-0.4, -0.2) is 56.8 Å². The van der Waals surface area contributed by atoms with Crippen molar-refractivity contribution in [2.75, 3.05) is 47.0 Å². The van der Waals surface area contributed by atoms with E-state index in [0.717, 1.165) is 16.3 Å². The Bertz CT molecular complexity index is 228. The first-order chi connectivity index (χ1) is 9.14. The molecule has 0 radical (unpaired) electrons. The quantitative estimate of drug-likeness (QED) is 0.457. The van der Waals surface area contributed by atoms with Crippen LogP contribution in [0.3, 0.4) is 0 Å². The van der Waals surface area contributed by atoms with Crippen molar-refractivity contribution in [1.29, 1.82) is 0 Å². The van der Waals surface area contributed by atoms with Crippen LogP contribution >= 0.6 is 11.8 Å². The summed E-state index contributed by atoms with van der Waals surface area (Å²) < 4.78 is 1.10. The highest BCUT2D eigenvalue weighted by molar-refractivity contribution is 7.99. The van der Waals surface area contributed by atoms with Crippen molar-refractivity contribution in [1.82, 2.24) is 5.32 Å². The lowest BCUT2D eigenvalue weighted by Gasteiger charge is -2.25. The molecule has 0 amide bonds. The Kier molecular flexibility index (Phi) is 10.2. The van der Waals surface area contributed by atoms with Crippen LogP contribution in [-0.2, 0) is 0 Å². The van der Waals surface area contributed by atoms with E-state index in [4.69, 9.17) is 0 Å². The van der Waals surface area contributed by atoms with E-state index in [1.807, 2.05) is 11.8 Å². The summed E-state index contributed by atoms with van der Waals surface area (Å²) in [5.74, 6) is 0. The molecule has 0 aromatic rings. The third kappa shape index (κ3) is 14.7. The highest BCUT2D eigenvalue weighted by atomic mass is 32.2. The summed E-state index contributed by atoms with van der Waals surface area (Å²) >= 11 is 2.01. The van der Waals surface area contributed by atoms with Crippen molar-refractivity contribution in [3.8, 4) is 0 Å². The Morgan fingerprint density at radius 3 is 2.10 bits per heavy atom. The number of nitrogens with zero attached hydrogens (tertiary/aromatic N) is 1. The van der Waals surface area contributed by atoms with Gasteiger partial charge in [-0.25, -0.2) is 0 Å². The number of quaternary nitrogens is 1. The molecule has 0 saturated carbocycles. The molecule has 3 heteroatoms. The first-order valence-corrected chi connectivity index (χ1v) is 9.47. The zero-order chi connectivity index (χ0) is 15.6. The van der Waals surface area contributed by atoms with Crippen molar-refractivity contribution in [3.05, 3.63) is 0 Å². The van der Waals surface area contributed by atoms with Crippen LogP contribution in [0.1, 0.15) is 52.9 Å². The van der Waals surface area contributed by atoms with Gasteiger partial charge >= 0.3 is 0 Å². The second kappa shape index (κ2) is 10.1. The maximum Gasteiger partial charge on any atom is 0.0780 e. The predicted octanol–water partition coefficient (Wildman–Crippen LogP) is 4.01. The van der Waals surface area contributed by atoms with Gasteiger partial charge in [0.05, 0.1) is 27.7 Å². The summed E-state index contributed by atoms with van der Waals surface area (Å²) in [5, 5.41) is 4.40. The van der Waals surface area contributed by atoms with Crippen LogP contribution in [0.4, 0.5) is 0 Å². The second-order valence-corrected chi connectivity index (χ2v) is 9.39. The first kappa shape index (κ1) is 20.3. The highest BCUT2D eigenvalue weighted by Gasteiger charge is 2.17. The van der Waals surface area contributed by atoms with Gasteiger partial charge in [-0.2, -0.15) is 11.8 Å². The summed E-state index contributed by atoms with van der Waals surface area (Å²) in [6.07, 6.45) is 8.98. The van der Waals surface area contributed by atoms with Crippen LogP contribution in [0.25, 0.3) is 0 Å². The zero-order valence-electron chi connectivity index (χ0n) is 15.1. The predicted molar refractivity (Wildman–Crippen MR) is 95.6 cm³/mol. The number of nitrogens with one attached hydrogen (secondary N) is 1. The van der Waals surface area contributed by atoms with Gasteiger partial charge in [0, 0.05) is 11.8 Å². The van der Waals surface area contributed by atoms with E-state index in [2.05, 4.69) is 53.5 Å². The van der Waals surface area contributed by atoms with Crippen molar-refractivity contribution < 1.29 is 4.48 Å². The van der Waals surface area contributed by atoms with E-state index in [1.165, 1.54) is 45.2 Å². The number of rotatable bonds is 11. The van der Waals surface area contributed by atoms with Gasteiger partial charge in [-0.1, -0.05) is 27.2 Å². The van der Waals surface area contributed by atoms with Crippen LogP contribution in [0.2, 0.25) is 0 Å². The second-order valence-electron chi connectivity index (χ2n) is 8.25. The maximum absolute atomic E-state index is 3.64. The Hall–Kier alpha value is 0.270. The number of hydrogen-bond acceptors (Lipinski definition) is 2. The molecule has 0 bridgehead atoms. The fraction of sp³-hybridized carbons (Fsp3) is 1.00. The summed E-state index contributed by atoms with van der Waals surface area (Å²) in [6.45, 7) is 10.7. The van der Waals surface area contributed by atoms with Gasteiger partial charge in [0.25, 0.3) is 0 Å². The van der Waals surface area contributed by atoms with Gasteiger partial charge in [-0.15, -0.1) is 0 Å². The molecule has 0 aromatic carbocycles.